The second-order valence-corrected chi connectivity index (χ2v) is 2.09. The lowest BCUT2D eigenvalue weighted by Crippen LogP contribution is -2.49. The summed E-state index contributed by atoms with van der Waals surface area (Å²) in [5, 5.41) is 0. The van der Waals surface area contributed by atoms with Crippen LogP contribution in [0.3, 0.4) is 0 Å². The number of nitrogens with zero attached hydrogens (tertiary/aromatic N) is 1. The number of alkyl halides is 6. The summed E-state index contributed by atoms with van der Waals surface area (Å²) in [6, 6.07) is -5.37. The van der Waals surface area contributed by atoms with E-state index in [1.54, 1.807) is 0 Å². The van der Waals surface area contributed by atoms with E-state index in [0.29, 0.717) is 0 Å². The molecule has 1 aliphatic heterocycles. The van der Waals surface area contributed by atoms with Gasteiger partial charge in [-0.15, -0.1) is 0 Å². The van der Waals surface area contributed by atoms with Crippen LogP contribution in [0.1, 0.15) is 0 Å². The summed E-state index contributed by atoms with van der Waals surface area (Å²) in [5.74, 6) is -14.3. The minimum Gasteiger partial charge on any atom is -0.190 e. The maximum atomic E-state index is 11.9. The Balaban J connectivity index is 3.22. The molecule has 1 rings (SSSR count). The van der Waals surface area contributed by atoms with E-state index in [0.717, 1.165) is 0 Å². The van der Waals surface area contributed by atoms with Crippen LogP contribution in [0.25, 0.3) is 0 Å². The molecule has 0 aromatic rings. The summed E-state index contributed by atoms with van der Waals surface area (Å²) in [7, 11) is 0. The van der Waals surface area contributed by atoms with Gasteiger partial charge >= 0.3 is 17.9 Å². The van der Waals surface area contributed by atoms with Crippen LogP contribution in [0.2, 0.25) is 0 Å². The number of aliphatic imine (C=N–C) groups is 1. The van der Waals surface area contributed by atoms with Gasteiger partial charge in [-0.25, -0.2) is 0 Å². The van der Waals surface area contributed by atoms with Crippen LogP contribution in [0.15, 0.2) is 4.99 Å². The first-order valence-corrected chi connectivity index (χ1v) is 2.52. The standard InChI is InChI=1S/C4F7N/c5-1-2(6,7)3(8,9)4(10,11)12-1. The molecule has 0 unspecified atom stereocenters. The SMILES string of the molecule is FC1=NC(F)(F)C(F)(F)C1(F)F. The van der Waals surface area contributed by atoms with Gasteiger partial charge in [0.1, 0.15) is 0 Å². The summed E-state index contributed by atoms with van der Waals surface area (Å²) in [5.41, 5.74) is 0. The lowest BCUT2D eigenvalue weighted by molar-refractivity contribution is -0.267. The number of halogens is 7. The molecular weight excluding hydrogens is 195 g/mol. The Labute approximate surface area is 60.9 Å². The quantitative estimate of drug-likeness (QED) is 0.415. The molecule has 0 aromatic heterocycles. The predicted octanol–water partition coefficient (Wildman–Crippen LogP) is 2.23. The molecule has 0 aliphatic carbocycles. The zero-order valence-corrected chi connectivity index (χ0v) is 5.09. The molecule has 0 amide bonds. The first-order valence-electron chi connectivity index (χ1n) is 2.52. The molecule has 0 saturated carbocycles. The molecule has 1 heterocycles. The summed E-state index contributed by atoms with van der Waals surface area (Å²) < 4.78 is 82.9. The zero-order chi connectivity index (χ0) is 9.78. The van der Waals surface area contributed by atoms with Gasteiger partial charge in [0.05, 0.1) is 0 Å². The van der Waals surface area contributed by atoms with Crippen molar-refractivity contribution in [2.75, 3.05) is 0 Å². The van der Waals surface area contributed by atoms with Gasteiger partial charge in [0.2, 0.25) is 0 Å². The van der Waals surface area contributed by atoms with Crippen LogP contribution in [-0.2, 0) is 0 Å². The molecule has 1 nitrogen and oxygen atoms in total. The Bertz CT molecular complexity index is 242. The highest BCUT2D eigenvalue weighted by Crippen LogP contribution is 2.52. The van der Waals surface area contributed by atoms with Gasteiger partial charge < -0.3 is 0 Å². The minimum atomic E-state index is -5.79. The van der Waals surface area contributed by atoms with Crippen LogP contribution in [0.4, 0.5) is 30.7 Å². The summed E-state index contributed by atoms with van der Waals surface area (Å²) in [6.45, 7) is 0. The van der Waals surface area contributed by atoms with Crippen molar-refractivity contribution >= 4 is 5.97 Å². The van der Waals surface area contributed by atoms with Crippen molar-refractivity contribution < 1.29 is 30.7 Å². The lowest BCUT2D eigenvalue weighted by atomic mass is 10.2. The van der Waals surface area contributed by atoms with E-state index >= 15 is 0 Å². The summed E-state index contributed by atoms with van der Waals surface area (Å²) in [4.78, 5) is 1.24. The van der Waals surface area contributed by atoms with Crippen molar-refractivity contribution in [2.45, 2.75) is 17.9 Å². The smallest absolute Gasteiger partial charge is 0.190 e. The minimum absolute atomic E-state index is 1.24. The number of hydrogen-bond donors (Lipinski definition) is 0. The largest absolute Gasteiger partial charge is 0.414 e. The Morgan fingerprint density at radius 3 is 1.42 bits per heavy atom. The van der Waals surface area contributed by atoms with E-state index in [9.17, 15) is 30.7 Å². The lowest BCUT2D eigenvalue weighted by Gasteiger charge is -2.20. The van der Waals surface area contributed by atoms with Crippen molar-refractivity contribution in [2.24, 2.45) is 4.99 Å². The maximum absolute atomic E-state index is 11.9. The van der Waals surface area contributed by atoms with Gasteiger partial charge in [-0.2, -0.15) is 35.7 Å². The molecule has 8 heteroatoms. The molecule has 0 aromatic carbocycles. The normalized spacial score (nSPS) is 30.1. The van der Waals surface area contributed by atoms with Crippen LogP contribution in [0, 0.1) is 0 Å². The summed E-state index contributed by atoms with van der Waals surface area (Å²) in [6.07, 6.45) is 0. The number of rotatable bonds is 0. The van der Waals surface area contributed by atoms with Gasteiger partial charge in [-0.05, 0) is 0 Å². The third-order valence-electron chi connectivity index (χ3n) is 1.27. The fourth-order valence-corrected chi connectivity index (χ4v) is 0.582. The fourth-order valence-electron chi connectivity index (χ4n) is 0.582. The zero-order valence-electron chi connectivity index (χ0n) is 5.09. The molecule has 70 valence electrons. The van der Waals surface area contributed by atoms with Crippen molar-refractivity contribution in [3.05, 3.63) is 0 Å². The van der Waals surface area contributed by atoms with Crippen LogP contribution >= 0.6 is 0 Å². The topological polar surface area (TPSA) is 12.4 Å². The highest BCUT2D eigenvalue weighted by molar-refractivity contribution is 5.86. The van der Waals surface area contributed by atoms with Crippen LogP contribution in [0.5, 0.6) is 0 Å². The van der Waals surface area contributed by atoms with Crippen molar-refractivity contribution in [1.82, 2.24) is 0 Å². The molecule has 0 radical (unpaired) electrons. The van der Waals surface area contributed by atoms with Gasteiger partial charge in [0, 0.05) is 0 Å². The van der Waals surface area contributed by atoms with Crippen LogP contribution < -0.4 is 0 Å². The van der Waals surface area contributed by atoms with Crippen molar-refractivity contribution in [1.29, 1.82) is 0 Å². The first kappa shape index (κ1) is 9.27. The van der Waals surface area contributed by atoms with E-state index in [1.807, 2.05) is 0 Å². The average Bonchev–Trinajstić information content (AvgIpc) is 1.92. The van der Waals surface area contributed by atoms with Crippen LogP contribution in [-0.4, -0.2) is 23.9 Å². The maximum Gasteiger partial charge on any atom is 0.414 e. The summed E-state index contributed by atoms with van der Waals surface area (Å²) >= 11 is 0. The fraction of sp³-hybridized carbons (Fsp3) is 0.750. The third kappa shape index (κ3) is 0.774. The Morgan fingerprint density at radius 1 is 0.917 bits per heavy atom. The van der Waals surface area contributed by atoms with Crippen molar-refractivity contribution in [3.8, 4) is 0 Å². The van der Waals surface area contributed by atoms with Gasteiger partial charge in [0.25, 0.3) is 5.97 Å². The molecular formula is C4F7N. The third-order valence-corrected chi connectivity index (χ3v) is 1.27. The van der Waals surface area contributed by atoms with Gasteiger partial charge in [0.15, 0.2) is 0 Å². The molecule has 0 bridgehead atoms. The predicted molar refractivity (Wildman–Crippen MR) is 23.4 cm³/mol. The monoisotopic (exact) mass is 195 g/mol. The van der Waals surface area contributed by atoms with Crippen molar-refractivity contribution in [3.63, 3.8) is 0 Å². The van der Waals surface area contributed by atoms with E-state index in [-0.39, 0.29) is 0 Å². The Kier molecular flexibility index (Phi) is 1.48. The van der Waals surface area contributed by atoms with E-state index in [2.05, 4.69) is 0 Å². The Morgan fingerprint density at radius 2 is 1.33 bits per heavy atom. The average molecular weight is 195 g/mol. The molecule has 0 spiro atoms. The molecule has 1 aliphatic rings. The molecule has 0 saturated heterocycles. The number of hydrogen-bond acceptors (Lipinski definition) is 1. The highest BCUT2D eigenvalue weighted by atomic mass is 19.4. The van der Waals surface area contributed by atoms with E-state index in [4.69, 9.17) is 0 Å². The highest BCUT2D eigenvalue weighted by Gasteiger charge is 2.79. The molecule has 12 heavy (non-hydrogen) atoms. The molecule has 0 fully saturated rings. The molecule has 0 N–H and O–H groups in total. The Hall–Kier alpha value is -0.820. The second-order valence-electron chi connectivity index (χ2n) is 2.09. The van der Waals surface area contributed by atoms with E-state index in [1.165, 1.54) is 4.99 Å². The first-order chi connectivity index (χ1) is 5.13. The second kappa shape index (κ2) is 1.91. The molecule has 0 atom stereocenters. The van der Waals surface area contributed by atoms with Gasteiger partial charge in [-0.1, -0.05) is 0 Å². The van der Waals surface area contributed by atoms with Gasteiger partial charge in [-0.3, -0.25) is 0 Å². The van der Waals surface area contributed by atoms with E-state index < -0.39 is 23.9 Å².